The van der Waals surface area contributed by atoms with Crippen molar-refractivity contribution in [1.29, 1.82) is 0 Å². The van der Waals surface area contributed by atoms with Crippen molar-refractivity contribution < 1.29 is 22.8 Å². The lowest BCUT2D eigenvalue weighted by Crippen LogP contribution is -2.39. The second-order valence-corrected chi connectivity index (χ2v) is 4.84. The largest absolute Gasteiger partial charge is 0.417 e. The van der Waals surface area contributed by atoms with Crippen LogP contribution in [0.3, 0.4) is 0 Å². The number of benzene rings is 1. The first-order valence-corrected chi connectivity index (χ1v) is 6.77. The van der Waals surface area contributed by atoms with E-state index in [0.29, 0.717) is 6.07 Å². The van der Waals surface area contributed by atoms with E-state index in [1.807, 2.05) is 0 Å². The van der Waals surface area contributed by atoms with Crippen LogP contribution in [0.4, 0.5) is 18.9 Å². The van der Waals surface area contributed by atoms with E-state index in [2.05, 4.69) is 18.5 Å². The third-order valence-electron chi connectivity index (χ3n) is 2.71. The van der Waals surface area contributed by atoms with Crippen molar-refractivity contribution in [1.82, 2.24) is 4.90 Å². The Kier molecular flexibility index (Phi) is 6.38. The predicted octanol–water partition coefficient (Wildman–Crippen LogP) is 3.50. The van der Waals surface area contributed by atoms with Crippen molar-refractivity contribution >= 4 is 29.1 Å². The van der Waals surface area contributed by atoms with Gasteiger partial charge in [-0.1, -0.05) is 23.8 Å². The normalized spacial score (nSPS) is 10.8. The molecule has 0 radical (unpaired) electrons. The summed E-state index contributed by atoms with van der Waals surface area (Å²) in [6.07, 6.45) is -1.84. The molecule has 124 valence electrons. The summed E-state index contributed by atoms with van der Waals surface area (Å²) in [4.78, 5) is 24.9. The molecule has 1 N–H and O–H groups in total. The highest BCUT2D eigenvalue weighted by molar-refractivity contribution is 6.39. The van der Waals surface area contributed by atoms with Gasteiger partial charge >= 0.3 is 18.0 Å². The highest BCUT2D eigenvalue weighted by Crippen LogP contribution is 2.36. The van der Waals surface area contributed by atoms with Crippen LogP contribution in [0, 0.1) is 0 Å². The molecular weight excluding hydrogens is 333 g/mol. The standard InChI is InChI=1S/C15H14ClF3N2O2/c1-3-7-21(8-4-2)14(23)13(22)20-10-5-6-12(16)11(9-10)15(17,18)19/h3-6,9H,1-2,7-8H2,(H,20,22). The molecule has 0 spiro atoms. The molecule has 0 saturated carbocycles. The number of alkyl halides is 3. The SMILES string of the molecule is C=CCN(CC=C)C(=O)C(=O)Nc1ccc(Cl)c(C(F)(F)F)c1. The first-order valence-electron chi connectivity index (χ1n) is 6.39. The van der Waals surface area contributed by atoms with Gasteiger partial charge < -0.3 is 10.2 Å². The Bertz CT molecular complexity index is 620. The molecular formula is C15H14ClF3N2O2. The molecule has 0 bridgehead atoms. The number of hydrogen-bond donors (Lipinski definition) is 1. The van der Waals surface area contributed by atoms with Crippen LogP contribution in [-0.2, 0) is 15.8 Å². The van der Waals surface area contributed by atoms with Gasteiger partial charge in [-0.25, -0.2) is 0 Å². The maximum absolute atomic E-state index is 12.8. The average molecular weight is 347 g/mol. The second-order valence-electron chi connectivity index (χ2n) is 4.43. The number of anilines is 1. The zero-order valence-corrected chi connectivity index (χ0v) is 12.7. The Balaban J connectivity index is 2.94. The van der Waals surface area contributed by atoms with Crippen molar-refractivity contribution in [3.8, 4) is 0 Å². The van der Waals surface area contributed by atoms with E-state index in [1.165, 1.54) is 18.2 Å². The maximum atomic E-state index is 12.8. The smallest absolute Gasteiger partial charge is 0.327 e. The molecule has 0 heterocycles. The topological polar surface area (TPSA) is 49.4 Å². The maximum Gasteiger partial charge on any atom is 0.417 e. The molecule has 0 fully saturated rings. The van der Waals surface area contributed by atoms with Gasteiger partial charge in [-0.3, -0.25) is 9.59 Å². The Morgan fingerprint density at radius 3 is 2.26 bits per heavy atom. The molecule has 0 aromatic heterocycles. The average Bonchev–Trinajstić information content (AvgIpc) is 2.47. The van der Waals surface area contributed by atoms with E-state index in [0.717, 1.165) is 11.0 Å². The van der Waals surface area contributed by atoms with Crippen molar-refractivity contribution in [3.05, 3.63) is 54.1 Å². The van der Waals surface area contributed by atoms with Gasteiger partial charge in [0.15, 0.2) is 0 Å². The Morgan fingerprint density at radius 1 is 1.22 bits per heavy atom. The van der Waals surface area contributed by atoms with Crippen LogP contribution in [0.25, 0.3) is 0 Å². The van der Waals surface area contributed by atoms with Gasteiger partial charge in [0, 0.05) is 18.8 Å². The molecule has 0 unspecified atom stereocenters. The third-order valence-corrected chi connectivity index (χ3v) is 3.04. The summed E-state index contributed by atoms with van der Waals surface area (Å²) in [7, 11) is 0. The van der Waals surface area contributed by atoms with Gasteiger partial charge in [-0.2, -0.15) is 13.2 Å². The minimum atomic E-state index is -4.67. The quantitative estimate of drug-likeness (QED) is 0.655. The summed E-state index contributed by atoms with van der Waals surface area (Å²) in [5, 5.41) is 1.62. The number of rotatable bonds is 5. The number of carbonyl (C=O) groups is 2. The first kappa shape index (κ1) is 18.8. The summed E-state index contributed by atoms with van der Waals surface area (Å²) in [5.74, 6) is -1.97. The number of halogens is 4. The van der Waals surface area contributed by atoms with Crippen molar-refractivity contribution in [2.24, 2.45) is 0 Å². The van der Waals surface area contributed by atoms with Gasteiger partial charge in [0.25, 0.3) is 0 Å². The van der Waals surface area contributed by atoms with Crippen molar-refractivity contribution in [2.75, 3.05) is 18.4 Å². The first-order chi connectivity index (χ1) is 10.7. The predicted molar refractivity (Wildman–Crippen MR) is 82.1 cm³/mol. The van der Waals surface area contributed by atoms with Gasteiger partial charge in [0.1, 0.15) is 0 Å². The van der Waals surface area contributed by atoms with Crippen molar-refractivity contribution in [3.63, 3.8) is 0 Å². The zero-order chi connectivity index (χ0) is 17.6. The van der Waals surface area contributed by atoms with Crippen LogP contribution in [0.5, 0.6) is 0 Å². The third kappa shape index (κ3) is 5.14. The lowest BCUT2D eigenvalue weighted by Gasteiger charge is -2.18. The summed E-state index contributed by atoms with van der Waals surface area (Å²) < 4.78 is 38.3. The fraction of sp³-hybridized carbons (Fsp3) is 0.200. The molecule has 1 aromatic rings. The van der Waals surface area contributed by atoms with E-state index in [9.17, 15) is 22.8 Å². The molecule has 0 aliphatic rings. The lowest BCUT2D eigenvalue weighted by atomic mass is 10.2. The van der Waals surface area contributed by atoms with Crippen LogP contribution >= 0.6 is 11.6 Å². The van der Waals surface area contributed by atoms with Gasteiger partial charge in [0.05, 0.1) is 10.6 Å². The lowest BCUT2D eigenvalue weighted by molar-refractivity contribution is -0.142. The minimum absolute atomic E-state index is 0.104. The van der Waals surface area contributed by atoms with E-state index in [4.69, 9.17) is 11.6 Å². The minimum Gasteiger partial charge on any atom is -0.327 e. The number of hydrogen-bond acceptors (Lipinski definition) is 2. The summed E-state index contributed by atoms with van der Waals surface area (Å²) in [6, 6.07) is 2.84. The van der Waals surface area contributed by atoms with E-state index < -0.39 is 28.6 Å². The number of nitrogens with one attached hydrogen (secondary N) is 1. The monoisotopic (exact) mass is 346 g/mol. The molecule has 0 aliphatic heterocycles. The van der Waals surface area contributed by atoms with Crippen LogP contribution in [-0.4, -0.2) is 29.8 Å². The highest BCUT2D eigenvalue weighted by atomic mass is 35.5. The number of amides is 2. The summed E-state index contributed by atoms with van der Waals surface area (Å²) in [6.45, 7) is 7.12. The molecule has 8 heteroatoms. The number of carbonyl (C=O) groups excluding carboxylic acids is 2. The molecule has 1 aromatic carbocycles. The Labute approximate surface area is 136 Å². The fourth-order valence-electron chi connectivity index (χ4n) is 1.70. The van der Waals surface area contributed by atoms with Crippen LogP contribution in [0.2, 0.25) is 5.02 Å². The molecule has 0 atom stereocenters. The fourth-order valence-corrected chi connectivity index (χ4v) is 1.93. The van der Waals surface area contributed by atoms with E-state index in [1.54, 1.807) is 0 Å². The molecule has 0 aliphatic carbocycles. The highest BCUT2D eigenvalue weighted by Gasteiger charge is 2.33. The van der Waals surface area contributed by atoms with Crippen LogP contribution < -0.4 is 5.32 Å². The van der Waals surface area contributed by atoms with Gasteiger partial charge in [-0.15, -0.1) is 13.2 Å². The van der Waals surface area contributed by atoms with Crippen molar-refractivity contribution in [2.45, 2.75) is 6.18 Å². The zero-order valence-electron chi connectivity index (χ0n) is 12.0. The Morgan fingerprint density at radius 2 is 1.78 bits per heavy atom. The molecule has 1 rings (SSSR count). The van der Waals surface area contributed by atoms with Crippen LogP contribution in [0.15, 0.2) is 43.5 Å². The van der Waals surface area contributed by atoms with Gasteiger partial charge in [-0.05, 0) is 18.2 Å². The summed E-state index contributed by atoms with van der Waals surface area (Å²) in [5.41, 5.74) is -1.28. The molecule has 23 heavy (non-hydrogen) atoms. The molecule has 0 saturated heterocycles. The molecule has 2 amide bonds. The van der Waals surface area contributed by atoms with E-state index >= 15 is 0 Å². The molecule has 4 nitrogen and oxygen atoms in total. The number of nitrogens with zero attached hydrogens (tertiary/aromatic N) is 1. The van der Waals surface area contributed by atoms with Crippen LogP contribution in [0.1, 0.15) is 5.56 Å². The van der Waals surface area contributed by atoms with E-state index in [-0.39, 0.29) is 18.8 Å². The second kappa shape index (κ2) is 7.82. The Hall–Kier alpha value is -2.28. The van der Waals surface area contributed by atoms with Gasteiger partial charge in [0.2, 0.25) is 0 Å². The summed E-state index contributed by atoms with van der Waals surface area (Å²) >= 11 is 5.48.